The van der Waals surface area contributed by atoms with Gasteiger partial charge in [-0.15, -0.1) is 0 Å². The van der Waals surface area contributed by atoms with Gasteiger partial charge in [-0.05, 0) is 50.2 Å². The van der Waals surface area contributed by atoms with Crippen LogP contribution in [0.3, 0.4) is 0 Å². The normalized spacial score (nSPS) is 10.7. The third-order valence-electron chi connectivity index (χ3n) is 3.65. The average molecular weight is 310 g/mol. The van der Waals surface area contributed by atoms with Gasteiger partial charge in [-0.25, -0.2) is 0 Å². The van der Waals surface area contributed by atoms with Crippen LogP contribution < -0.4 is 14.9 Å². The van der Waals surface area contributed by atoms with E-state index in [1.807, 2.05) is 56.3 Å². The van der Waals surface area contributed by atoms with Gasteiger partial charge in [-0.1, -0.05) is 11.6 Å². The number of benzene rings is 2. The maximum Gasteiger partial charge on any atom is 0.235 e. The van der Waals surface area contributed by atoms with Crippen LogP contribution in [0.2, 0.25) is 0 Å². The predicted octanol–water partition coefficient (Wildman–Crippen LogP) is 4.18. The van der Waals surface area contributed by atoms with E-state index in [-0.39, 0.29) is 11.2 Å². The molecule has 0 radical (unpaired) electrons. The molecule has 0 atom stereocenters. The zero-order chi connectivity index (χ0) is 16.4. The summed E-state index contributed by atoms with van der Waals surface area (Å²) in [5, 5.41) is 0.533. The topological polar surface area (TPSA) is 48.7 Å². The monoisotopic (exact) mass is 310 g/mol. The lowest BCUT2D eigenvalue weighted by Gasteiger charge is -2.11. The molecular weight excluding hydrogens is 292 g/mol. The van der Waals surface area contributed by atoms with Crippen molar-refractivity contribution >= 4 is 11.0 Å². The first-order chi connectivity index (χ1) is 11.1. The summed E-state index contributed by atoms with van der Waals surface area (Å²) >= 11 is 0. The van der Waals surface area contributed by atoms with Crippen LogP contribution in [0.15, 0.2) is 51.7 Å². The first kappa shape index (κ1) is 15.2. The van der Waals surface area contributed by atoms with E-state index in [4.69, 9.17) is 13.9 Å². The second-order valence-electron chi connectivity index (χ2n) is 5.25. The summed E-state index contributed by atoms with van der Waals surface area (Å²) in [4.78, 5) is 12.8. The molecule has 0 aliphatic heterocycles. The van der Waals surface area contributed by atoms with Crippen LogP contribution in [0.4, 0.5) is 0 Å². The lowest BCUT2D eigenvalue weighted by Crippen LogP contribution is -2.10. The van der Waals surface area contributed by atoms with Crippen LogP contribution in [0.5, 0.6) is 11.5 Å². The van der Waals surface area contributed by atoms with Crippen LogP contribution >= 0.6 is 0 Å². The molecule has 3 rings (SSSR count). The van der Waals surface area contributed by atoms with Gasteiger partial charge in [0, 0.05) is 5.56 Å². The Morgan fingerprint density at radius 3 is 2.48 bits per heavy atom. The molecule has 0 spiro atoms. The number of rotatable bonds is 4. The Kier molecular flexibility index (Phi) is 4.06. The van der Waals surface area contributed by atoms with Crippen molar-refractivity contribution in [1.82, 2.24) is 0 Å². The van der Waals surface area contributed by atoms with Gasteiger partial charge in [0.15, 0.2) is 5.76 Å². The minimum absolute atomic E-state index is 0.150. The number of aryl methyl sites for hydroxylation is 1. The lowest BCUT2D eigenvalue weighted by molar-refractivity contribution is 0.330. The highest BCUT2D eigenvalue weighted by Crippen LogP contribution is 2.32. The molecule has 0 saturated carbocycles. The summed E-state index contributed by atoms with van der Waals surface area (Å²) in [5.41, 5.74) is 2.18. The molecule has 0 fully saturated rings. The first-order valence-electron chi connectivity index (χ1n) is 7.48. The van der Waals surface area contributed by atoms with Gasteiger partial charge in [-0.3, -0.25) is 4.79 Å². The third kappa shape index (κ3) is 2.80. The number of hydrogen-bond donors (Lipinski definition) is 0. The van der Waals surface area contributed by atoms with E-state index in [1.54, 1.807) is 7.11 Å². The Balaban J connectivity index is 2.27. The van der Waals surface area contributed by atoms with Gasteiger partial charge < -0.3 is 13.9 Å². The van der Waals surface area contributed by atoms with Gasteiger partial charge in [0.2, 0.25) is 11.2 Å². The van der Waals surface area contributed by atoms with E-state index in [0.29, 0.717) is 23.3 Å². The fraction of sp³-hybridized carbons (Fsp3) is 0.211. The standard InChI is InChI=1S/C19H18O4/c1-4-22-19-17(20)15-11-12(2)5-10-16(15)23-18(19)13-6-8-14(21-3)9-7-13/h5-11H,4H2,1-3H3. The van der Waals surface area contributed by atoms with E-state index in [1.165, 1.54) is 0 Å². The van der Waals surface area contributed by atoms with E-state index < -0.39 is 0 Å². The van der Waals surface area contributed by atoms with Crippen LogP contribution in [0.25, 0.3) is 22.3 Å². The molecule has 0 N–H and O–H groups in total. The van der Waals surface area contributed by atoms with Crippen LogP contribution in [-0.4, -0.2) is 13.7 Å². The molecule has 0 bridgehead atoms. The SMILES string of the molecule is CCOc1c(-c2ccc(OC)cc2)oc2ccc(C)cc2c1=O. The fourth-order valence-corrected chi connectivity index (χ4v) is 2.50. The minimum atomic E-state index is -0.150. The number of hydrogen-bond acceptors (Lipinski definition) is 4. The molecule has 0 unspecified atom stereocenters. The fourth-order valence-electron chi connectivity index (χ4n) is 2.50. The second kappa shape index (κ2) is 6.16. The molecule has 2 aromatic carbocycles. The van der Waals surface area contributed by atoms with E-state index >= 15 is 0 Å². The molecule has 0 aliphatic rings. The molecule has 1 heterocycles. The number of methoxy groups -OCH3 is 1. The highest BCUT2D eigenvalue weighted by molar-refractivity contribution is 5.82. The average Bonchev–Trinajstić information content (AvgIpc) is 2.58. The Morgan fingerprint density at radius 1 is 1.09 bits per heavy atom. The molecule has 0 saturated heterocycles. The summed E-state index contributed by atoms with van der Waals surface area (Å²) < 4.78 is 16.7. The summed E-state index contributed by atoms with van der Waals surface area (Å²) in [5.74, 6) is 1.43. The molecule has 4 heteroatoms. The molecular formula is C19H18O4. The van der Waals surface area contributed by atoms with Crippen LogP contribution in [0.1, 0.15) is 12.5 Å². The van der Waals surface area contributed by atoms with E-state index in [2.05, 4.69) is 0 Å². The van der Waals surface area contributed by atoms with Crippen molar-refractivity contribution in [2.75, 3.05) is 13.7 Å². The minimum Gasteiger partial charge on any atom is -0.497 e. The molecule has 118 valence electrons. The zero-order valence-electron chi connectivity index (χ0n) is 13.4. The Morgan fingerprint density at radius 2 is 1.83 bits per heavy atom. The Hall–Kier alpha value is -2.75. The molecule has 0 amide bonds. The van der Waals surface area contributed by atoms with Crippen LogP contribution in [0, 0.1) is 6.92 Å². The highest BCUT2D eigenvalue weighted by Gasteiger charge is 2.17. The van der Waals surface area contributed by atoms with Crippen molar-refractivity contribution in [2.24, 2.45) is 0 Å². The molecule has 0 aliphatic carbocycles. The maximum atomic E-state index is 12.8. The van der Waals surface area contributed by atoms with E-state index in [0.717, 1.165) is 16.9 Å². The largest absolute Gasteiger partial charge is 0.497 e. The Bertz CT molecular complexity index is 892. The molecule has 23 heavy (non-hydrogen) atoms. The summed E-state index contributed by atoms with van der Waals surface area (Å²) in [6.45, 7) is 4.18. The van der Waals surface area contributed by atoms with Crippen molar-refractivity contribution in [3.05, 3.63) is 58.3 Å². The van der Waals surface area contributed by atoms with Gasteiger partial charge in [0.1, 0.15) is 11.3 Å². The van der Waals surface area contributed by atoms with Crippen molar-refractivity contribution in [3.63, 3.8) is 0 Å². The smallest absolute Gasteiger partial charge is 0.235 e. The van der Waals surface area contributed by atoms with E-state index in [9.17, 15) is 4.79 Å². The van der Waals surface area contributed by atoms with Crippen molar-refractivity contribution < 1.29 is 13.9 Å². The quantitative estimate of drug-likeness (QED) is 0.725. The summed E-state index contributed by atoms with van der Waals surface area (Å²) in [6.07, 6.45) is 0. The number of ether oxygens (including phenoxy) is 2. The van der Waals surface area contributed by atoms with Gasteiger partial charge in [0.25, 0.3) is 0 Å². The maximum absolute atomic E-state index is 12.8. The molecule has 1 aromatic heterocycles. The lowest BCUT2D eigenvalue weighted by atomic mass is 10.1. The van der Waals surface area contributed by atoms with Gasteiger partial charge in [0.05, 0.1) is 19.1 Å². The Labute approximate surface area is 134 Å². The summed E-state index contributed by atoms with van der Waals surface area (Å²) in [7, 11) is 1.61. The molecule has 3 aromatic rings. The van der Waals surface area contributed by atoms with Crippen molar-refractivity contribution in [3.8, 4) is 22.8 Å². The zero-order valence-corrected chi connectivity index (χ0v) is 13.4. The summed E-state index contributed by atoms with van der Waals surface area (Å²) in [6, 6.07) is 12.9. The number of fused-ring (bicyclic) bond motifs is 1. The van der Waals surface area contributed by atoms with Crippen molar-refractivity contribution in [2.45, 2.75) is 13.8 Å². The first-order valence-corrected chi connectivity index (χ1v) is 7.48. The molecule has 4 nitrogen and oxygen atoms in total. The third-order valence-corrected chi connectivity index (χ3v) is 3.65. The van der Waals surface area contributed by atoms with Gasteiger partial charge in [-0.2, -0.15) is 0 Å². The van der Waals surface area contributed by atoms with Crippen molar-refractivity contribution in [1.29, 1.82) is 0 Å². The van der Waals surface area contributed by atoms with Crippen LogP contribution in [-0.2, 0) is 0 Å². The highest BCUT2D eigenvalue weighted by atomic mass is 16.5. The predicted molar refractivity (Wildman–Crippen MR) is 90.4 cm³/mol. The second-order valence-corrected chi connectivity index (χ2v) is 5.25. The van der Waals surface area contributed by atoms with Gasteiger partial charge >= 0.3 is 0 Å².